The van der Waals surface area contributed by atoms with Crippen LogP contribution in [0.1, 0.15) is 45.4 Å². The largest absolute Gasteiger partial charge is 0.377 e. The van der Waals surface area contributed by atoms with Gasteiger partial charge in [0.2, 0.25) is 0 Å². The van der Waals surface area contributed by atoms with Gasteiger partial charge in [0.15, 0.2) is 0 Å². The average Bonchev–Trinajstić information content (AvgIpc) is 2.64. The van der Waals surface area contributed by atoms with Crippen LogP contribution in [-0.2, 0) is 4.74 Å². The molecule has 20 heavy (non-hydrogen) atoms. The minimum Gasteiger partial charge on any atom is -0.377 e. The zero-order valence-electron chi connectivity index (χ0n) is 12.9. The lowest BCUT2D eigenvalue weighted by atomic mass is 9.48. The molecule has 0 spiro atoms. The first-order chi connectivity index (χ1) is 9.72. The Bertz CT molecular complexity index is 342. The van der Waals surface area contributed by atoms with Crippen molar-refractivity contribution in [2.24, 2.45) is 29.4 Å². The second-order valence-electron chi connectivity index (χ2n) is 7.98. The highest BCUT2D eigenvalue weighted by Gasteiger charge is 2.58. The lowest BCUT2D eigenvalue weighted by Crippen LogP contribution is -2.69. The van der Waals surface area contributed by atoms with E-state index < -0.39 is 0 Å². The summed E-state index contributed by atoms with van der Waals surface area (Å²) in [6.45, 7) is 6.33. The molecule has 5 aliphatic rings. The van der Waals surface area contributed by atoms with Crippen molar-refractivity contribution in [1.82, 2.24) is 4.90 Å². The van der Waals surface area contributed by atoms with Crippen LogP contribution in [0, 0.1) is 23.7 Å². The van der Waals surface area contributed by atoms with Crippen LogP contribution in [0.5, 0.6) is 0 Å². The van der Waals surface area contributed by atoms with Crippen LogP contribution in [0.4, 0.5) is 0 Å². The third-order valence-electron chi connectivity index (χ3n) is 6.92. The van der Waals surface area contributed by atoms with Crippen LogP contribution in [0.25, 0.3) is 0 Å². The second kappa shape index (κ2) is 4.96. The number of hydrogen-bond donors (Lipinski definition) is 1. The van der Waals surface area contributed by atoms with Gasteiger partial charge in [-0.1, -0.05) is 0 Å². The Kier molecular flexibility index (Phi) is 3.36. The summed E-state index contributed by atoms with van der Waals surface area (Å²) in [4.78, 5) is 2.78. The quantitative estimate of drug-likeness (QED) is 0.842. The van der Waals surface area contributed by atoms with Crippen molar-refractivity contribution in [2.75, 3.05) is 26.2 Å². The number of hydrogen-bond acceptors (Lipinski definition) is 3. The molecule has 0 aromatic carbocycles. The SMILES string of the molecule is CC1CN(C2(CN)C3CC4CC(C3)CC2C4)CCCO1. The van der Waals surface area contributed by atoms with Gasteiger partial charge in [-0.25, -0.2) is 0 Å². The number of rotatable bonds is 2. The highest BCUT2D eigenvalue weighted by molar-refractivity contribution is 5.13. The van der Waals surface area contributed by atoms with Gasteiger partial charge in [-0.3, -0.25) is 4.90 Å². The molecule has 3 nitrogen and oxygen atoms in total. The van der Waals surface area contributed by atoms with E-state index in [0.29, 0.717) is 11.6 Å². The summed E-state index contributed by atoms with van der Waals surface area (Å²) in [6.07, 6.45) is 8.89. The minimum atomic E-state index is 0.315. The van der Waals surface area contributed by atoms with Gasteiger partial charge in [0.05, 0.1) is 6.10 Å². The van der Waals surface area contributed by atoms with E-state index >= 15 is 0 Å². The van der Waals surface area contributed by atoms with E-state index in [-0.39, 0.29) is 0 Å². The van der Waals surface area contributed by atoms with E-state index in [0.717, 1.165) is 43.4 Å². The van der Waals surface area contributed by atoms with Gasteiger partial charge < -0.3 is 10.5 Å². The first kappa shape index (κ1) is 13.5. The van der Waals surface area contributed by atoms with E-state index in [9.17, 15) is 0 Å². The topological polar surface area (TPSA) is 38.5 Å². The fourth-order valence-electron chi connectivity index (χ4n) is 6.35. The van der Waals surface area contributed by atoms with Gasteiger partial charge in [0.25, 0.3) is 0 Å². The molecule has 1 unspecified atom stereocenters. The number of nitrogens with two attached hydrogens (primary N) is 1. The maximum atomic E-state index is 6.43. The molecule has 0 amide bonds. The molecular formula is C17H30N2O. The molecule has 2 N–H and O–H groups in total. The monoisotopic (exact) mass is 278 g/mol. The van der Waals surface area contributed by atoms with Gasteiger partial charge in [0, 0.05) is 31.8 Å². The molecule has 1 saturated heterocycles. The Morgan fingerprint density at radius 3 is 2.35 bits per heavy atom. The molecule has 0 aromatic heterocycles. The third-order valence-corrected chi connectivity index (χ3v) is 6.92. The molecule has 3 heteroatoms. The highest BCUT2D eigenvalue weighted by Crippen LogP contribution is 2.60. The second-order valence-corrected chi connectivity index (χ2v) is 7.98. The predicted molar refractivity (Wildman–Crippen MR) is 80.4 cm³/mol. The fourth-order valence-corrected chi connectivity index (χ4v) is 6.35. The van der Waals surface area contributed by atoms with E-state index in [1.54, 1.807) is 0 Å². The molecular weight excluding hydrogens is 248 g/mol. The van der Waals surface area contributed by atoms with Crippen LogP contribution in [0.15, 0.2) is 0 Å². The van der Waals surface area contributed by atoms with Gasteiger partial charge in [-0.2, -0.15) is 0 Å². The van der Waals surface area contributed by atoms with Crippen molar-refractivity contribution in [2.45, 2.75) is 57.1 Å². The molecule has 1 heterocycles. The molecule has 1 atom stereocenters. The van der Waals surface area contributed by atoms with E-state index in [1.165, 1.54) is 45.1 Å². The van der Waals surface area contributed by atoms with Gasteiger partial charge in [-0.15, -0.1) is 0 Å². The Morgan fingerprint density at radius 2 is 1.75 bits per heavy atom. The van der Waals surface area contributed by atoms with Gasteiger partial charge in [-0.05, 0) is 69.1 Å². The van der Waals surface area contributed by atoms with Crippen molar-refractivity contribution in [3.8, 4) is 0 Å². The summed E-state index contributed by atoms with van der Waals surface area (Å²) < 4.78 is 5.88. The van der Waals surface area contributed by atoms with Crippen LogP contribution in [-0.4, -0.2) is 42.8 Å². The van der Waals surface area contributed by atoms with E-state index in [4.69, 9.17) is 10.5 Å². The lowest BCUT2D eigenvalue weighted by Gasteiger charge is -2.64. The van der Waals surface area contributed by atoms with Crippen LogP contribution in [0.2, 0.25) is 0 Å². The third kappa shape index (κ3) is 1.89. The summed E-state index contributed by atoms with van der Waals surface area (Å²) in [6, 6.07) is 0. The Morgan fingerprint density at radius 1 is 1.10 bits per heavy atom. The summed E-state index contributed by atoms with van der Waals surface area (Å²) in [5, 5.41) is 0. The summed E-state index contributed by atoms with van der Waals surface area (Å²) in [5.74, 6) is 3.79. The van der Waals surface area contributed by atoms with Crippen LogP contribution < -0.4 is 5.73 Å². The summed E-state index contributed by atoms with van der Waals surface area (Å²) in [7, 11) is 0. The maximum absolute atomic E-state index is 6.43. The first-order valence-electron chi connectivity index (χ1n) is 8.79. The van der Waals surface area contributed by atoms with Crippen LogP contribution >= 0.6 is 0 Å². The minimum absolute atomic E-state index is 0.315. The van der Waals surface area contributed by atoms with Crippen molar-refractivity contribution in [3.05, 3.63) is 0 Å². The maximum Gasteiger partial charge on any atom is 0.0674 e. The zero-order valence-corrected chi connectivity index (χ0v) is 12.9. The number of nitrogens with zero attached hydrogens (tertiary/aromatic N) is 1. The molecule has 0 radical (unpaired) electrons. The zero-order chi connectivity index (χ0) is 13.7. The van der Waals surface area contributed by atoms with Crippen molar-refractivity contribution < 1.29 is 4.74 Å². The molecule has 4 aliphatic carbocycles. The smallest absolute Gasteiger partial charge is 0.0674 e. The molecule has 5 fully saturated rings. The number of ether oxygens (including phenoxy) is 1. The van der Waals surface area contributed by atoms with Gasteiger partial charge >= 0.3 is 0 Å². The molecule has 4 bridgehead atoms. The first-order valence-corrected chi connectivity index (χ1v) is 8.79. The fraction of sp³-hybridized carbons (Fsp3) is 1.00. The van der Waals surface area contributed by atoms with Crippen molar-refractivity contribution in [1.29, 1.82) is 0 Å². The Labute approximate surface area is 123 Å². The summed E-state index contributed by atoms with van der Waals surface area (Å²) in [5.41, 5.74) is 6.75. The molecule has 1 aliphatic heterocycles. The van der Waals surface area contributed by atoms with E-state index in [1.807, 2.05) is 0 Å². The predicted octanol–water partition coefficient (Wildman–Crippen LogP) is 2.25. The van der Waals surface area contributed by atoms with Crippen molar-refractivity contribution in [3.63, 3.8) is 0 Å². The molecule has 5 rings (SSSR count). The summed E-state index contributed by atoms with van der Waals surface area (Å²) >= 11 is 0. The molecule has 114 valence electrons. The molecule has 0 aromatic rings. The Balaban J connectivity index is 1.65. The molecule has 4 saturated carbocycles. The van der Waals surface area contributed by atoms with Gasteiger partial charge in [0.1, 0.15) is 0 Å². The highest BCUT2D eigenvalue weighted by atomic mass is 16.5. The van der Waals surface area contributed by atoms with Crippen LogP contribution in [0.3, 0.4) is 0 Å². The average molecular weight is 278 g/mol. The van der Waals surface area contributed by atoms with E-state index in [2.05, 4.69) is 11.8 Å². The standard InChI is InChI=1S/C17H30N2O/c1-12-10-19(3-2-4-20-12)17(11-18)15-6-13-5-14(8-15)9-16(17)7-13/h12-16H,2-11,18H2,1H3. The van der Waals surface area contributed by atoms with Crippen molar-refractivity contribution >= 4 is 0 Å². The normalized spacial score (nSPS) is 52.2. The Hall–Kier alpha value is -0.120. The lowest BCUT2D eigenvalue weighted by molar-refractivity contribution is -0.134.